The molecule has 1 saturated heterocycles. The minimum Gasteiger partial charge on any atom is -0.409 e. The Morgan fingerprint density at radius 2 is 2.09 bits per heavy atom. The van der Waals surface area contributed by atoms with Crippen LogP contribution in [0, 0.1) is 5.82 Å². The number of thioether (sulfide) groups is 1. The van der Waals surface area contributed by atoms with Gasteiger partial charge in [0.2, 0.25) is 0 Å². The van der Waals surface area contributed by atoms with Crippen molar-refractivity contribution in [3.8, 4) is 5.75 Å². The van der Waals surface area contributed by atoms with Crippen LogP contribution in [0.1, 0.15) is 38.7 Å². The predicted molar refractivity (Wildman–Crippen MR) is 129 cm³/mol. The van der Waals surface area contributed by atoms with E-state index >= 15 is 0 Å². The summed E-state index contributed by atoms with van der Waals surface area (Å²) in [6.07, 6.45) is 3.94. The van der Waals surface area contributed by atoms with Crippen molar-refractivity contribution in [2.45, 2.75) is 33.1 Å². The monoisotopic (exact) mass is 477 g/mol. The predicted octanol–water partition coefficient (Wildman–Crippen LogP) is 3.56. The van der Waals surface area contributed by atoms with Crippen LogP contribution in [-0.2, 0) is 4.79 Å². The standard InChI is InChI=1S/C23H32FN5O3S/c1-4-28(5-2)13-8-12-27(3)23(31)32-19-16-18(24)10-9-17(19)15-20-21(30)26-22(33-20)29-14-7-6-11-25-29/h9-10,15-16,25H,4-8,11-14H2,1-3H3/b20-15-. The van der Waals surface area contributed by atoms with Crippen LogP contribution in [0.2, 0.25) is 0 Å². The lowest BCUT2D eigenvalue weighted by Gasteiger charge is -2.28. The molecule has 0 saturated carbocycles. The molecule has 2 amide bonds. The summed E-state index contributed by atoms with van der Waals surface area (Å²) in [4.78, 5) is 33.3. The number of hydrogen-bond donors (Lipinski definition) is 1. The van der Waals surface area contributed by atoms with E-state index in [0.29, 0.717) is 22.2 Å². The number of carbonyl (C=O) groups excluding carboxylic acids is 2. The highest BCUT2D eigenvalue weighted by molar-refractivity contribution is 8.18. The summed E-state index contributed by atoms with van der Waals surface area (Å²) in [7, 11) is 1.66. The van der Waals surface area contributed by atoms with Crippen LogP contribution in [-0.4, -0.2) is 78.3 Å². The van der Waals surface area contributed by atoms with E-state index in [0.717, 1.165) is 58.1 Å². The number of benzene rings is 1. The molecule has 2 aliphatic rings. The molecule has 2 heterocycles. The number of hydrazine groups is 1. The van der Waals surface area contributed by atoms with Crippen molar-refractivity contribution < 1.29 is 18.7 Å². The Morgan fingerprint density at radius 1 is 1.30 bits per heavy atom. The second kappa shape index (κ2) is 12.2. The third kappa shape index (κ3) is 7.02. The van der Waals surface area contributed by atoms with Crippen LogP contribution >= 0.6 is 11.8 Å². The molecule has 3 rings (SSSR count). The van der Waals surface area contributed by atoms with Gasteiger partial charge in [0.15, 0.2) is 5.17 Å². The van der Waals surface area contributed by atoms with E-state index in [9.17, 15) is 14.0 Å². The summed E-state index contributed by atoms with van der Waals surface area (Å²) in [5.74, 6) is -0.817. The molecule has 0 aliphatic carbocycles. The van der Waals surface area contributed by atoms with E-state index in [-0.39, 0.29) is 11.7 Å². The Labute approximate surface area is 198 Å². The Balaban J connectivity index is 1.65. The van der Waals surface area contributed by atoms with Gasteiger partial charge in [-0.1, -0.05) is 13.8 Å². The third-order valence-electron chi connectivity index (χ3n) is 5.58. The molecule has 10 heteroatoms. The molecule has 2 aliphatic heterocycles. The van der Waals surface area contributed by atoms with E-state index in [4.69, 9.17) is 4.74 Å². The zero-order valence-electron chi connectivity index (χ0n) is 19.5. The van der Waals surface area contributed by atoms with E-state index in [1.807, 2.05) is 5.01 Å². The summed E-state index contributed by atoms with van der Waals surface area (Å²) in [6.45, 7) is 9.16. The van der Waals surface area contributed by atoms with Crippen LogP contribution in [0.25, 0.3) is 6.08 Å². The minimum atomic E-state index is -0.570. The first-order valence-electron chi connectivity index (χ1n) is 11.4. The number of hydrogen-bond acceptors (Lipinski definition) is 7. The first-order chi connectivity index (χ1) is 15.9. The average Bonchev–Trinajstić information content (AvgIpc) is 3.19. The highest BCUT2D eigenvalue weighted by Gasteiger charge is 2.27. The molecule has 8 nitrogen and oxygen atoms in total. The maximum absolute atomic E-state index is 13.9. The van der Waals surface area contributed by atoms with Crippen molar-refractivity contribution in [3.05, 3.63) is 34.5 Å². The van der Waals surface area contributed by atoms with Gasteiger partial charge in [0, 0.05) is 38.3 Å². The van der Waals surface area contributed by atoms with Gasteiger partial charge in [0.1, 0.15) is 11.6 Å². The molecule has 0 unspecified atom stereocenters. The zero-order valence-corrected chi connectivity index (χ0v) is 20.3. The SMILES string of the molecule is CCN(CC)CCCN(C)C(=O)Oc1cc(F)ccc1/C=C1\SC(N2CCCCN2)=NC1=O. The largest absolute Gasteiger partial charge is 0.414 e. The normalized spacial score (nSPS) is 17.6. The van der Waals surface area contributed by atoms with Crippen LogP contribution < -0.4 is 10.2 Å². The van der Waals surface area contributed by atoms with Crippen LogP contribution in [0.4, 0.5) is 9.18 Å². The maximum atomic E-state index is 13.9. The summed E-state index contributed by atoms with van der Waals surface area (Å²) in [5.41, 5.74) is 3.67. The molecular weight excluding hydrogens is 445 g/mol. The smallest absolute Gasteiger partial charge is 0.409 e. The van der Waals surface area contributed by atoms with Gasteiger partial charge in [-0.25, -0.2) is 14.6 Å². The van der Waals surface area contributed by atoms with Gasteiger partial charge in [0.25, 0.3) is 5.91 Å². The lowest BCUT2D eigenvalue weighted by molar-refractivity contribution is -0.113. The van der Waals surface area contributed by atoms with Gasteiger partial charge in [-0.05, 0) is 68.9 Å². The highest BCUT2D eigenvalue weighted by atomic mass is 32.2. The van der Waals surface area contributed by atoms with Crippen molar-refractivity contribution in [1.29, 1.82) is 0 Å². The fourth-order valence-electron chi connectivity index (χ4n) is 3.56. The molecule has 1 fully saturated rings. The number of rotatable bonds is 8. The van der Waals surface area contributed by atoms with Crippen molar-refractivity contribution in [1.82, 2.24) is 20.2 Å². The molecule has 0 atom stereocenters. The molecule has 1 aromatic rings. The number of carbonyl (C=O) groups is 2. The maximum Gasteiger partial charge on any atom is 0.414 e. The number of aliphatic imine (C=N–C) groups is 1. The van der Waals surface area contributed by atoms with Gasteiger partial charge in [-0.3, -0.25) is 9.80 Å². The lowest BCUT2D eigenvalue weighted by Crippen LogP contribution is -2.45. The molecule has 0 aromatic heterocycles. The molecule has 1 N–H and O–H groups in total. The van der Waals surface area contributed by atoms with E-state index in [1.165, 1.54) is 28.8 Å². The van der Waals surface area contributed by atoms with E-state index in [2.05, 4.69) is 29.2 Å². The second-order valence-corrected chi connectivity index (χ2v) is 8.94. The molecular formula is C23H32FN5O3S. The van der Waals surface area contributed by atoms with Crippen LogP contribution in [0.15, 0.2) is 28.1 Å². The first kappa shape index (κ1) is 25.2. The summed E-state index contributed by atoms with van der Waals surface area (Å²) in [5, 5.41) is 2.48. The Kier molecular flexibility index (Phi) is 9.28. The van der Waals surface area contributed by atoms with Gasteiger partial charge in [-0.15, -0.1) is 0 Å². The lowest BCUT2D eigenvalue weighted by atomic mass is 10.2. The summed E-state index contributed by atoms with van der Waals surface area (Å²) in [6, 6.07) is 3.93. The van der Waals surface area contributed by atoms with E-state index in [1.54, 1.807) is 13.1 Å². The number of nitrogens with zero attached hydrogens (tertiary/aromatic N) is 4. The summed E-state index contributed by atoms with van der Waals surface area (Å²) >= 11 is 1.25. The van der Waals surface area contributed by atoms with Gasteiger partial charge in [0.05, 0.1) is 4.91 Å². The van der Waals surface area contributed by atoms with E-state index < -0.39 is 11.9 Å². The molecule has 180 valence electrons. The van der Waals surface area contributed by atoms with Crippen molar-refractivity contribution in [3.63, 3.8) is 0 Å². The van der Waals surface area contributed by atoms with Crippen molar-refractivity contribution in [2.24, 2.45) is 4.99 Å². The quantitative estimate of drug-likeness (QED) is 0.574. The van der Waals surface area contributed by atoms with Crippen molar-refractivity contribution >= 4 is 35.0 Å². The highest BCUT2D eigenvalue weighted by Crippen LogP contribution is 2.33. The van der Waals surface area contributed by atoms with Crippen LogP contribution in [0.3, 0.4) is 0 Å². The van der Waals surface area contributed by atoms with Crippen molar-refractivity contribution in [2.75, 3.05) is 46.3 Å². The molecule has 1 aromatic carbocycles. The number of amides is 2. The molecule has 0 radical (unpaired) electrons. The van der Waals surface area contributed by atoms with Crippen LogP contribution in [0.5, 0.6) is 5.75 Å². The minimum absolute atomic E-state index is 0.0704. The zero-order chi connectivity index (χ0) is 23.8. The topological polar surface area (TPSA) is 77.5 Å². The molecule has 0 spiro atoms. The number of amidine groups is 1. The second-order valence-electron chi connectivity index (χ2n) is 7.93. The molecule has 0 bridgehead atoms. The summed E-state index contributed by atoms with van der Waals surface area (Å²) < 4.78 is 19.4. The number of ether oxygens (including phenoxy) is 1. The van der Waals surface area contributed by atoms with Gasteiger partial charge < -0.3 is 14.5 Å². The Bertz CT molecular complexity index is 913. The fraction of sp³-hybridized carbons (Fsp3) is 0.522. The Hall–Kier alpha value is -2.43. The number of nitrogens with one attached hydrogen (secondary N) is 1. The fourth-order valence-corrected chi connectivity index (χ4v) is 4.47. The van der Waals surface area contributed by atoms with Gasteiger partial charge in [-0.2, -0.15) is 4.99 Å². The average molecular weight is 478 g/mol. The van der Waals surface area contributed by atoms with Gasteiger partial charge >= 0.3 is 6.09 Å². The molecule has 33 heavy (non-hydrogen) atoms. The third-order valence-corrected chi connectivity index (χ3v) is 6.59. The first-order valence-corrected chi connectivity index (χ1v) is 12.2. The number of halogens is 1. The Morgan fingerprint density at radius 3 is 2.79 bits per heavy atom.